The van der Waals surface area contributed by atoms with Gasteiger partial charge in [-0.15, -0.1) is 0 Å². The normalized spacial score (nSPS) is 10.6. The molecule has 0 atom stereocenters. The fourth-order valence-corrected chi connectivity index (χ4v) is 3.51. The Balaban J connectivity index is 1.79. The van der Waals surface area contributed by atoms with Crippen molar-refractivity contribution in [2.75, 3.05) is 19.5 Å². The maximum atomic E-state index is 6.17. The molecule has 6 nitrogen and oxygen atoms in total. The maximum Gasteiger partial charge on any atom is 0.226 e. The highest BCUT2D eigenvalue weighted by atomic mass is 16.5. The summed E-state index contributed by atoms with van der Waals surface area (Å²) in [5.41, 5.74) is 4.14. The summed E-state index contributed by atoms with van der Waals surface area (Å²) >= 11 is 0. The number of nitrogens with one attached hydrogen (secondary N) is 1. The number of anilines is 1. The Hall–Kier alpha value is -3.28. The molecular weight excluding hydrogens is 402 g/mol. The summed E-state index contributed by atoms with van der Waals surface area (Å²) in [6.45, 7) is 5.23. The van der Waals surface area contributed by atoms with Gasteiger partial charge in [-0.1, -0.05) is 50.1 Å². The van der Waals surface area contributed by atoms with E-state index in [1.807, 2.05) is 43.3 Å². The summed E-state index contributed by atoms with van der Waals surface area (Å²) in [6.07, 6.45) is 4.35. The first-order chi connectivity index (χ1) is 15.6. The number of aryl methyl sites for hydroxylation is 1. The van der Waals surface area contributed by atoms with Crippen LogP contribution < -0.4 is 19.5 Å². The molecule has 0 saturated carbocycles. The summed E-state index contributed by atoms with van der Waals surface area (Å²) in [5.74, 6) is 2.71. The van der Waals surface area contributed by atoms with Crippen LogP contribution in [0, 0.1) is 6.92 Å². The molecule has 0 aliphatic rings. The molecule has 0 fully saturated rings. The maximum absolute atomic E-state index is 6.17. The van der Waals surface area contributed by atoms with Gasteiger partial charge in [-0.25, -0.2) is 4.98 Å². The molecule has 0 aliphatic carbocycles. The lowest BCUT2D eigenvalue weighted by Crippen LogP contribution is -2.10. The fraction of sp³-hybridized carbons (Fsp3) is 0.385. The first kappa shape index (κ1) is 23.4. The summed E-state index contributed by atoms with van der Waals surface area (Å²) < 4.78 is 17.0. The van der Waals surface area contributed by atoms with Crippen LogP contribution in [0.2, 0.25) is 0 Å². The van der Waals surface area contributed by atoms with Crippen LogP contribution in [0.4, 0.5) is 5.95 Å². The molecule has 3 aromatic rings. The van der Waals surface area contributed by atoms with Crippen LogP contribution in [0.1, 0.15) is 48.6 Å². The van der Waals surface area contributed by atoms with Crippen molar-refractivity contribution in [3.05, 3.63) is 70.9 Å². The zero-order chi connectivity index (χ0) is 22.8. The summed E-state index contributed by atoms with van der Waals surface area (Å²) in [5, 5.41) is 3.32. The van der Waals surface area contributed by atoms with Crippen molar-refractivity contribution >= 4 is 5.95 Å². The van der Waals surface area contributed by atoms with E-state index in [-0.39, 0.29) is 0 Å². The number of hydrogen-bond acceptors (Lipinski definition) is 6. The molecule has 2 aromatic carbocycles. The molecule has 0 aliphatic heterocycles. The molecule has 0 saturated heterocycles. The van der Waals surface area contributed by atoms with Crippen molar-refractivity contribution in [3.8, 4) is 17.4 Å². The molecular formula is C26H33N3O3. The number of aromatic nitrogens is 2. The second-order valence-corrected chi connectivity index (χ2v) is 7.68. The summed E-state index contributed by atoms with van der Waals surface area (Å²) in [7, 11) is 3.29. The Labute approximate surface area is 191 Å². The molecule has 0 bridgehead atoms. The molecule has 3 rings (SSSR count). The fourth-order valence-electron chi connectivity index (χ4n) is 3.51. The quantitative estimate of drug-likeness (QED) is 0.367. The molecule has 1 aromatic heterocycles. The molecule has 0 unspecified atom stereocenters. The average Bonchev–Trinajstić information content (AvgIpc) is 2.83. The molecule has 6 heteroatoms. The zero-order valence-corrected chi connectivity index (χ0v) is 19.5. The van der Waals surface area contributed by atoms with Crippen LogP contribution in [0.25, 0.3) is 0 Å². The van der Waals surface area contributed by atoms with E-state index in [4.69, 9.17) is 24.2 Å². The third-order valence-corrected chi connectivity index (χ3v) is 5.36. The lowest BCUT2D eigenvalue weighted by molar-refractivity contribution is 0.289. The average molecular weight is 436 g/mol. The van der Waals surface area contributed by atoms with E-state index in [0.717, 1.165) is 46.7 Å². The Bertz CT molecular complexity index is 993. The lowest BCUT2D eigenvalue weighted by atomic mass is 10.1. The van der Waals surface area contributed by atoms with Crippen LogP contribution in [0.15, 0.2) is 48.5 Å². The second kappa shape index (κ2) is 11.9. The first-order valence-electron chi connectivity index (χ1n) is 11.1. The number of hydrogen-bond donors (Lipinski definition) is 1. The van der Waals surface area contributed by atoms with Gasteiger partial charge in [0.25, 0.3) is 0 Å². The van der Waals surface area contributed by atoms with Crippen LogP contribution in [0.3, 0.4) is 0 Å². The predicted molar refractivity (Wildman–Crippen MR) is 128 cm³/mol. The van der Waals surface area contributed by atoms with Gasteiger partial charge in [0.15, 0.2) is 0 Å². The van der Waals surface area contributed by atoms with E-state index in [1.54, 1.807) is 14.2 Å². The lowest BCUT2D eigenvalue weighted by Gasteiger charge is -2.16. The Morgan fingerprint density at radius 1 is 0.938 bits per heavy atom. The van der Waals surface area contributed by atoms with Gasteiger partial charge < -0.3 is 19.5 Å². The van der Waals surface area contributed by atoms with E-state index in [9.17, 15) is 0 Å². The van der Waals surface area contributed by atoms with Crippen molar-refractivity contribution in [2.24, 2.45) is 0 Å². The van der Waals surface area contributed by atoms with Gasteiger partial charge in [-0.3, -0.25) is 0 Å². The van der Waals surface area contributed by atoms with Crippen LogP contribution >= 0.6 is 0 Å². The van der Waals surface area contributed by atoms with Gasteiger partial charge in [-0.05, 0) is 37.5 Å². The van der Waals surface area contributed by atoms with Crippen LogP contribution in [0.5, 0.6) is 17.4 Å². The highest BCUT2D eigenvalue weighted by Crippen LogP contribution is 2.27. The zero-order valence-electron chi connectivity index (χ0n) is 19.5. The molecule has 0 amide bonds. The molecule has 0 spiro atoms. The predicted octanol–water partition coefficient (Wildman–Crippen LogP) is 5.73. The van der Waals surface area contributed by atoms with Crippen molar-refractivity contribution in [1.29, 1.82) is 0 Å². The highest BCUT2D eigenvalue weighted by Gasteiger charge is 2.14. The minimum absolute atomic E-state index is 0.476. The van der Waals surface area contributed by atoms with Crippen molar-refractivity contribution in [2.45, 2.75) is 52.7 Å². The number of ether oxygens (including phenoxy) is 3. The molecule has 32 heavy (non-hydrogen) atoms. The summed E-state index contributed by atoms with van der Waals surface area (Å²) in [4.78, 5) is 9.43. The molecule has 1 heterocycles. The van der Waals surface area contributed by atoms with E-state index < -0.39 is 0 Å². The molecule has 0 radical (unpaired) electrons. The largest absolute Gasteiger partial charge is 0.497 e. The van der Waals surface area contributed by atoms with Crippen LogP contribution in [-0.2, 0) is 19.6 Å². The molecule has 1 N–H and O–H groups in total. The van der Waals surface area contributed by atoms with E-state index >= 15 is 0 Å². The number of nitrogens with zero attached hydrogens (tertiary/aromatic N) is 2. The Morgan fingerprint density at radius 3 is 2.47 bits per heavy atom. The summed E-state index contributed by atoms with van der Waals surface area (Å²) in [6, 6.07) is 15.9. The van der Waals surface area contributed by atoms with Gasteiger partial charge in [-0.2, -0.15) is 4.98 Å². The van der Waals surface area contributed by atoms with Crippen molar-refractivity contribution in [3.63, 3.8) is 0 Å². The van der Waals surface area contributed by atoms with E-state index in [0.29, 0.717) is 25.0 Å². The monoisotopic (exact) mass is 435 g/mol. The van der Waals surface area contributed by atoms with Crippen molar-refractivity contribution in [1.82, 2.24) is 9.97 Å². The highest BCUT2D eigenvalue weighted by molar-refractivity contribution is 5.44. The van der Waals surface area contributed by atoms with Gasteiger partial charge in [0.1, 0.15) is 18.1 Å². The number of methoxy groups -OCH3 is 2. The smallest absolute Gasteiger partial charge is 0.226 e. The number of benzene rings is 2. The van der Waals surface area contributed by atoms with E-state index in [1.165, 1.54) is 12.8 Å². The second-order valence-electron chi connectivity index (χ2n) is 7.68. The van der Waals surface area contributed by atoms with Gasteiger partial charge >= 0.3 is 0 Å². The third kappa shape index (κ3) is 6.36. The third-order valence-electron chi connectivity index (χ3n) is 5.36. The van der Waals surface area contributed by atoms with Crippen LogP contribution in [-0.4, -0.2) is 24.2 Å². The van der Waals surface area contributed by atoms with E-state index in [2.05, 4.69) is 24.4 Å². The number of rotatable bonds is 12. The van der Waals surface area contributed by atoms with Gasteiger partial charge in [0, 0.05) is 29.4 Å². The minimum atomic E-state index is 0.476. The van der Waals surface area contributed by atoms with Gasteiger partial charge in [0.05, 0.1) is 14.2 Å². The minimum Gasteiger partial charge on any atom is -0.497 e. The SMILES string of the molecule is CCCCCc1c(C)nc(NCc2ccc(OC)cc2OC)nc1OCc1ccccc1. The molecule has 170 valence electrons. The number of unbranched alkanes of at least 4 members (excludes halogenated alkanes) is 2. The Morgan fingerprint density at radius 2 is 1.75 bits per heavy atom. The topological polar surface area (TPSA) is 65.5 Å². The standard InChI is InChI=1S/C26H33N3O3/c1-5-6-8-13-23-19(2)28-26(29-25(23)32-18-20-11-9-7-10-12-20)27-17-21-14-15-22(30-3)16-24(21)31-4/h7,9-12,14-16H,5-6,8,13,17-18H2,1-4H3,(H,27,28,29). The van der Waals surface area contributed by atoms with Crippen molar-refractivity contribution < 1.29 is 14.2 Å². The van der Waals surface area contributed by atoms with Gasteiger partial charge in [0.2, 0.25) is 11.8 Å². The first-order valence-corrected chi connectivity index (χ1v) is 11.1. The Kier molecular flexibility index (Phi) is 8.72.